The summed E-state index contributed by atoms with van der Waals surface area (Å²) in [5, 5.41) is 4.51. The zero-order valence-corrected chi connectivity index (χ0v) is 20.5. The highest BCUT2D eigenvalue weighted by atomic mass is 32.2. The summed E-state index contributed by atoms with van der Waals surface area (Å²) in [5.74, 6) is 3.91. The lowest BCUT2D eigenvalue weighted by molar-refractivity contribution is 0.266. The Balaban J connectivity index is 1.46. The highest BCUT2D eigenvalue weighted by molar-refractivity contribution is 7.90. The summed E-state index contributed by atoms with van der Waals surface area (Å²) in [7, 11) is -2.98. The SMILES string of the molecule is CC(C)C1CCC(Nc2nccc(-n3ccc4c(OCCCS(C)(=O)=O)cccc43)n2)CC1. The van der Waals surface area contributed by atoms with Crippen LogP contribution in [0.3, 0.4) is 0 Å². The van der Waals surface area contributed by atoms with Crippen molar-refractivity contribution in [2.75, 3.05) is 23.9 Å². The Labute approximate surface area is 196 Å². The van der Waals surface area contributed by atoms with E-state index in [0.717, 1.165) is 47.1 Å². The van der Waals surface area contributed by atoms with Crippen molar-refractivity contribution in [1.29, 1.82) is 0 Å². The van der Waals surface area contributed by atoms with Crippen LogP contribution in [0.1, 0.15) is 46.0 Å². The summed E-state index contributed by atoms with van der Waals surface area (Å²) in [5.41, 5.74) is 0.984. The molecule has 33 heavy (non-hydrogen) atoms. The lowest BCUT2D eigenvalue weighted by Gasteiger charge is -2.31. The van der Waals surface area contributed by atoms with Crippen molar-refractivity contribution < 1.29 is 13.2 Å². The molecule has 1 fully saturated rings. The average Bonchev–Trinajstić information content (AvgIpc) is 3.22. The maximum atomic E-state index is 11.3. The van der Waals surface area contributed by atoms with E-state index in [1.807, 2.05) is 41.1 Å². The standard InChI is InChI=1S/C25H34N4O3S/c1-18(2)19-8-10-20(11-9-19)27-25-26-14-12-24(28-25)29-15-13-21-22(29)6-4-7-23(21)32-16-5-17-33(3,30)31/h4,6-7,12-15,18-20H,5,8-11,16-17H2,1-3H3,(H,26,27,28). The molecule has 7 nitrogen and oxygen atoms in total. The van der Waals surface area contributed by atoms with E-state index < -0.39 is 9.84 Å². The van der Waals surface area contributed by atoms with Gasteiger partial charge in [-0.05, 0) is 68.2 Å². The van der Waals surface area contributed by atoms with E-state index in [-0.39, 0.29) is 5.75 Å². The Morgan fingerprint density at radius 2 is 1.94 bits per heavy atom. The van der Waals surface area contributed by atoms with Gasteiger partial charge in [0, 0.05) is 30.1 Å². The molecule has 3 aromatic rings. The van der Waals surface area contributed by atoms with Gasteiger partial charge in [0.05, 0.1) is 17.9 Å². The van der Waals surface area contributed by atoms with Crippen LogP contribution in [-0.4, -0.2) is 47.6 Å². The van der Waals surface area contributed by atoms with Crippen molar-refractivity contribution in [2.24, 2.45) is 11.8 Å². The van der Waals surface area contributed by atoms with Crippen LogP contribution >= 0.6 is 0 Å². The van der Waals surface area contributed by atoms with Gasteiger partial charge in [-0.1, -0.05) is 19.9 Å². The number of anilines is 1. The molecule has 0 amide bonds. The third-order valence-corrected chi connectivity index (χ3v) is 7.58. The molecule has 0 unspecified atom stereocenters. The molecule has 0 atom stereocenters. The molecule has 0 aliphatic heterocycles. The van der Waals surface area contributed by atoms with E-state index in [2.05, 4.69) is 24.1 Å². The fourth-order valence-electron chi connectivity index (χ4n) is 4.63. The first-order chi connectivity index (χ1) is 15.8. The summed E-state index contributed by atoms with van der Waals surface area (Å²) >= 11 is 0. The van der Waals surface area contributed by atoms with E-state index in [1.54, 1.807) is 6.20 Å². The Kier molecular flexibility index (Phi) is 7.22. The van der Waals surface area contributed by atoms with Crippen LogP contribution in [0, 0.1) is 11.8 Å². The first kappa shape index (κ1) is 23.5. The molecular formula is C25H34N4O3S. The van der Waals surface area contributed by atoms with E-state index in [4.69, 9.17) is 9.72 Å². The molecule has 178 valence electrons. The number of aromatic nitrogens is 3. The lowest BCUT2D eigenvalue weighted by atomic mass is 9.80. The zero-order valence-electron chi connectivity index (χ0n) is 19.7. The van der Waals surface area contributed by atoms with Crippen LogP contribution in [0.4, 0.5) is 5.95 Å². The number of ether oxygens (including phenoxy) is 1. The highest BCUT2D eigenvalue weighted by Crippen LogP contribution is 2.31. The summed E-state index contributed by atoms with van der Waals surface area (Å²) in [6.45, 7) is 5.00. The van der Waals surface area contributed by atoms with E-state index in [0.29, 0.717) is 25.0 Å². The number of nitrogens with one attached hydrogen (secondary N) is 1. The number of rotatable bonds is 9. The smallest absolute Gasteiger partial charge is 0.224 e. The van der Waals surface area contributed by atoms with Crippen LogP contribution in [0.5, 0.6) is 5.75 Å². The lowest BCUT2D eigenvalue weighted by Crippen LogP contribution is -2.28. The fourth-order valence-corrected chi connectivity index (χ4v) is 5.28. The molecule has 0 radical (unpaired) electrons. The number of fused-ring (bicyclic) bond motifs is 1. The van der Waals surface area contributed by atoms with Crippen molar-refractivity contribution in [1.82, 2.24) is 14.5 Å². The molecule has 1 aromatic carbocycles. The normalized spacial score (nSPS) is 19.2. The highest BCUT2D eigenvalue weighted by Gasteiger charge is 2.23. The molecule has 0 saturated heterocycles. The number of hydrogen-bond donors (Lipinski definition) is 1. The van der Waals surface area contributed by atoms with Crippen LogP contribution in [0.15, 0.2) is 42.7 Å². The average molecular weight is 471 g/mol. The van der Waals surface area contributed by atoms with E-state index >= 15 is 0 Å². The zero-order chi connectivity index (χ0) is 23.4. The molecule has 0 spiro atoms. The second-order valence-corrected chi connectivity index (χ2v) is 11.7. The van der Waals surface area contributed by atoms with Crippen molar-refractivity contribution in [3.05, 3.63) is 42.7 Å². The van der Waals surface area contributed by atoms with Gasteiger partial charge in [0.2, 0.25) is 5.95 Å². The van der Waals surface area contributed by atoms with Crippen LogP contribution in [0.25, 0.3) is 16.7 Å². The van der Waals surface area contributed by atoms with Gasteiger partial charge in [-0.25, -0.2) is 13.4 Å². The molecular weight excluding hydrogens is 436 g/mol. The molecule has 2 heterocycles. The van der Waals surface area contributed by atoms with Crippen molar-refractivity contribution in [3.8, 4) is 11.6 Å². The summed E-state index contributed by atoms with van der Waals surface area (Å²) in [6, 6.07) is 10.2. The first-order valence-electron chi connectivity index (χ1n) is 11.8. The molecule has 1 aliphatic carbocycles. The third-order valence-electron chi connectivity index (χ3n) is 6.55. The fraction of sp³-hybridized carbons (Fsp3) is 0.520. The van der Waals surface area contributed by atoms with Gasteiger partial charge >= 0.3 is 0 Å². The first-order valence-corrected chi connectivity index (χ1v) is 13.9. The van der Waals surface area contributed by atoms with Gasteiger partial charge in [-0.15, -0.1) is 0 Å². The second-order valence-electron chi connectivity index (χ2n) is 9.45. The summed E-state index contributed by atoms with van der Waals surface area (Å²) < 4.78 is 30.6. The molecule has 1 aliphatic rings. The monoisotopic (exact) mass is 470 g/mol. The number of hydrogen-bond acceptors (Lipinski definition) is 6. The minimum absolute atomic E-state index is 0.125. The Bertz CT molecular complexity index is 1180. The molecule has 4 rings (SSSR count). The van der Waals surface area contributed by atoms with E-state index in [9.17, 15) is 8.42 Å². The minimum atomic E-state index is -2.98. The molecule has 8 heteroatoms. The number of sulfone groups is 1. The summed E-state index contributed by atoms with van der Waals surface area (Å²) in [4.78, 5) is 9.23. The molecule has 1 N–H and O–H groups in total. The van der Waals surface area contributed by atoms with Crippen LogP contribution in [-0.2, 0) is 9.84 Å². The maximum absolute atomic E-state index is 11.3. The predicted octanol–water partition coefficient (Wildman–Crippen LogP) is 4.86. The number of nitrogens with zero attached hydrogens (tertiary/aromatic N) is 3. The minimum Gasteiger partial charge on any atom is -0.493 e. The van der Waals surface area contributed by atoms with Crippen molar-refractivity contribution in [3.63, 3.8) is 0 Å². The molecule has 0 bridgehead atoms. The van der Waals surface area contributed by atoms with Gasteiger partial charge in [-0.3, -0.25) is 0 Å². The largest absolute Gasteiger partial charge is 0.493 e. The Morgan fingerprint density at radius 3 is 2.67 bits per heavy atom. The van der Waals surface area contributed by atoms with Gasteiger partial charge in [0.15, 0.2) is 0 Å². The quantitative estimate of drug-likeness (QED) is 0.450. The van der Waals surface area contributed by atoms with Crippen LogP contribution < -0.4 is 10.1 Å². The molecule has 2 aromatic heterocycles. The third kappa shape index (κ3) is 6.05. The molecule has 1 saturated carbocycles. The van der Waals surface area contributed by atoms with Crippen molar-refractivity contribution in [2.45, 2.75) is 52.0 Å². The summed E-state index contributed by atoms with van der Waals surface area (Å²) in [6.07, 6.45) is 10.3. The predicted molar refractivity (Wildman–Crippen MR) is 133 cm³/mol. The van der Waals surface area contributed by atoms with Crippen molar-refractivity contribution >= 4 is 26.7 Å². The Hall–Kier alpha value is -2.61. The van der Waals surface area contributed by atoms with Gasteiger partial charge in [0.25, 0.3) is 0 Å². The number of benzene rings is 1. The van der Waals surface area contributed by atoms with Gasteiger partial charge in [-0.2, -0.15) is 4.98 Å². The Morgan fingerprint density at radius 1 is 1.15 bits per heavy atom. The van der Waals surface area contributed by atoms with Crippen LogP contribution in [0.2, 0.25) is 0 Å². The van der Waals surface area contributed by atoms with E-state index in [1.165, 1.54) is 19.1 Å². The van der Waals surface area contributed by atoms with Gasteiger partial charge < -0.3 is 14.6 Å². The topological polar surface area (TPSA) is 86.1 Å². The maximum Gasteiger partial charge on any atom is 0.224 e. The van der Waals surface area contributed by atoms with Gasteiger partial charge in [0.1, 0.15) is 21.4 Å². The second kappa shape index (κ2) is 10.1.